The SMILES string of the molecule is Cc1cccc(NC(=O)CN2CCCNc3ccccc32)c1. The van der Waals surface area contributed by atoms with Crippen molar-refractivity contribution in [2.24, 2.45) is 0 Å². The van der Waals surface area contributed by atoms with E-state index in [0.29, 0.717) is 6.54 Å². The number of aryl methyl sites for hydroxylation is 1. The van der Waals surface area contributed by atoms with Crippen molar-refractivity contribution in [1.29, 1.82) is 0 Å². The van der Waals surface area contributed by atoms with Gasteiger partial charge in [-0.3, -0.25) is 4.79 Å². The molecule has 0 spiro atoms. The van der Waals surface area contributed by atoms with Crippen LogP contribution in [-0.2, 0) is 4.79 Å². The lowest BCUT2D eigenvalue weighted by Gasteiger charge is -2.23. The fourth-order valence-corrected chi connectivity index (χ4v) is 2.77. The lowest BCUT2D eigenvalue weighted by atomic mass is 10.2. The van der Waals surface area contributed by atoms with Crippen molar-refractivity contribution in [1.82, 2.24) is 0 Å². The monoisotopic (exact) mass is 295 g/mol. The van der Waals surface area contributed by atoms with Gasteiger partial charge in [0.1, 0.15) is 0 Å². The molecule has 0 saturated heterocycles. The molecule has 2 aromatic carbocycles. The Kier molecular flexibility index (Phi) is 4.28. The molecule has 0 radical (unpaired) electrons. The predicted molar refractivity (Wildman–Crippen MR) is 91.6 cm³/mol. The smallest absolute Gasteiger partial charge is 0.243 e. The van der Waals surface area contributed by atoms with Crippen LogP contribution in [0.5, 0.6) is 0 Å². The van der Waals surface area contributed by atoms with Gasteiger partial charge < -0.3 is 15.5 Å². The third kappa shape index (κ3) is 3.39. The Morgan fingerprint density at radius 2 is 2.09 bits per heavy atom. The summed E-state index contributed by atoms with van der Waals surface area (Å²) in [5.41, 5.74) is 4.19. The normalized spacial score (nSPS) is 13.8. The van der Waals surface area contributed by atoms with Crippen molar-refractivity contribution in [2.75, 3.05) is 35.2 Å². The van der Waals surface area contributed by atoms with Crippen molar-refractivity contribution >= 4 is 23.0 Å². The molecule has 1 amide bonds. The Morgan fingerprint density at radius 3 is 2.95 bits per heavy atom. The third-order valence-electron chi connectivity index (χ3n) is 3.80. The van der Waals surface area contributed by atoms with Crippen molar-refractivity contribution < 1.29 is 4.79 Å². The molecule has 2 N–H and O–H groups in total. The minimum Gasteiger partial charge on any atom is -0.383 e. The number of amides is 1. The molecule has 0 aliphatic carbocycles. The zero-order valence-corrected chi connectivity index (χ0v) is 12.8. The molecular weight excluding hydrogens is 274 g/mol. The molecule has 22 heavy (non-hydrogen) atoms. The number of hydrogen-bond acceptors (Lipinski definition) is 3. The molecule has 4 nitrogen and oxygen atoms in total. The Morgan fingerprint density at radius 1 is 1.23 bits per heavy atom. The lowest BCUT2D eigenvalue weighted by Crippen LogP contribution is -2.33. The Bertz CT molecular complexity index is 669. The highest BCUT2D eigenvalue weighted by Crippen LogP contribution is 2.27. The van der Waals surface area contributed by atoms with E-state index in [1.165, 1.54) is 0 Å². The summed E-state index contributed by atoms with van der Waals surface area (Å²) in [6.07, 6.45) is 1.02. The van der Waals surface area contributed by atoms with Crippen LogP contribution in [0.15, 0.2) is 48.5 Å². The zero-order valence-electron chi connectivity index (χ0n) is 12.8. The average molecular weight is 295 g/mol. The standard InChI is InChI=1S/C18H21N3O/c1-14-6-4-7-15(12-14)20-18(22)13-21-11-5-10-19-16-8-2-3-9-17(16)21/h2-4,6-9,12,19H,5,10-11,13H2,1H3,(H,20,22). The van der Waals surface area contributed by atoms with Crippen LogP contribution in [0.25, 0.3) is 0 Å². The van der Waals surface area contributed by atoms with Gasteiger partial charge in [0.15, 0.2) is 0 Å². The molecular formula is C18H21N3O. The number of benzene rings is 2. The van der Waals surface area contributed by atoms with Gasteiger partial charge in [0, 0.05) is 18.8 Å². The van der Waals surface area contributed by atoms with Gasteiger partial charge in [-0.1, -0.05) is 24.3 Å². The van der Waals surface area contributed by atoms with E-state index >= 15 is 0 Å². The molecule has 1 aliphatic rings. The summed E-state index contributed by atoms with van der Waals surface area (Å²) in [6, 6.07) is 16.0. The van der Waals surface area contributed by atoms with Crippen LogP contribution < -0.4 is 15.5 Å². The fraction of sp³-hybridized carbons (Fsp3) is 0.278. The van der Waals surface area contributed by atoms with Crippen LogP contribution in [0.1, 0.15) is 12.0 Å². The summed E-state index contributed by atoms with van der Waals surface area (Å²) in [7, 11) is 0. The van der Waals surface area contributed by atoms with Gasteiger partial charge in [-0.2, -0.15) is 0 Å². The second-order valence-electron chi connectivity index (χ2n) is 5.64. The number of carbonyl (C=O) groups excluding carboxylic acids is 1. The van der Waals surface area contributed by atoms with Crippen molar-refractivity contribution in [2.45, 2.75) is 13.3 Å². The Hall–Kier alpha value is -2.49. The van der Waals surface area contributed by atoms with Crippen LogP contribution in [0, 0.1) is 6.92 Å². The van der Waals surface area contributed by atoms with Gasteiger partial charge >= 0.3 is 0 Å². The second kappa shape index (κ2) is 6.52. The van der Waals surface area contributed by atoms with E-state index in [-0.39, 0.29) is 5.91 Å². The summed E-state index contributed by atoms with van der Waals surface area (Å²) in [5.74, 6) is 0.0160. The maximum Gasteiger partial charge on any atom is 0.243 e. The van der Waals surface area contributed by atoms with Gasteiger partial charge in [-0.25, -0.2) is 0 Å². The summed E-state index contributed by atoms with van der Waals surface area (Å²) in [5, 5.41) is 6.39. The summed E-state index contributed by atoms with van der Waals surface area (Å²) < 4.78 is 0. The molecule has 0 fully saturated rings. The molecule has 0 bridgehead atoms. The van der Waals surface area contributed by atoms with Crippen LogP contribution in [0.2, 0.25) is 0 Å². The number of fused-ring (bicyclic) bond motifs is 1. The summed E-state index contributed by atoms with van der Waals surface area (Å²) in [4.78, 5) is 14.5. The number of nitrogens with zero attached hydrogens (tertiary/aromatic N) is 1. The Balaban J connectivity index is 1.71. The first-order valence-electron chi connectivity index (χ1n) is 7.67. The predicted octanol–water partition coefficient (Wildman–Crippen LogP) is 3.26. The first kappa shape index (κ1) is 14.4. The van der Waals surface area contributed by atoms with Crippen LogP contribution >= 0.6 is 0 Å². The first-order chi connectivity index (χ1) is 10.7. The number of hydrogen-bond donors (Lipinski definition) is 2. The number of carbonyl (C=O) groups is 1. The molecule has 0 unspecified atom stereocenters. The molecule has 0 aromatic heterocycles. The van der Waals surface area contributed by atoms with Gasteiger partial charge in [-0.15, -0.1) is 0 Å². The van der Waals surface area contributed by atoms with Crippen LogP contribution in [0.3, 0.4) is 0 Å². The number of para-hydroxylation sites is 2. The summed E-state index contributed by atoms with van der Waals surface area (Å²) >= 11 is 0. The fourth-order valence-electron chi connectivity index (χ4n) is 2.77. The highest BCUT2D eigenvalue weighted by atomic mass is 16.2. The van der Waals surface area contributed by atoms with E-state index in [9.17, 15) is 4.79 Å². The number of nitrogens with one attached hydrogen (secondary N) is 2. The average Bonchev–Trinajstić information content (AvgIpc) is 2.70. The third-order valence-corrected chi connectivity index (χ3v) is 3.80. The highest BCUT2D eigenvalue weighted by Gasteiger charge is 2.17. The van der Waals surface area contributed by atoms with Gasteiger partial charge in [0.05, 0.1) is 17.9 Å². The van der Waals surface area contributed by atoms with Crippen molar-refractivity contribution in [3.63, 3.8) is 0 Å². The van der Waals surface area contributed by atoms with E-state index in [0.717, 1.165) is 42.1 Å². The second-order valence-corrected chi connectivity index (χ2v) is 5.64. The van der Waals surface area contributed by atoms with Crippen LogP contribution in [0.4, 0.5) is 17.1 Å². The van der Waals surface area contributed by atoms with E-state index in [2.05, 4.69) is 27.7 Å². The summed E-state index contributed by atoms with van der Waals surface area (Å²) in [6.45, 7) is 4.21. The largest absolute Gasteiger partial charge is 0.383 e. The van der Waals surface area contributed by atoms with Crippen molar-refractivity contribution in [3.05, 3.63) is 54.1 Å². The van der Waals surface area contributed by atoms with Gasteiger partial charge in [-0.05, 0) is 43.2 Å². The molecule has 3 rings (SSSR count). The molecule has 2 aromatic rings. The zero-order chi connectivity index (χ0) is 15.4. The van der Waals surface area contributed by atoms with E-state index in [1.54, 1.807) is 0 Å². The van der Waals surface area contributed by atoms with Crippen molar-refractivity contribution in [3.8, 4) is 0 Å². The minimum absolute atomic E-state index is 0.0160. The minimum atomic E-state index is 0.0160. The maximum absolute atomic E-state index is 12.3. The molecule has 1 aliphatic heterocycles. The molecule has 1 heterocycles. The Labute approximate surface area is 131 Å². The molecule has 114 valence electrons. The van der Waals surface area contributed by atoms with E-state index in [4.69, 9.17) is 0 Å². The van der Waals surface area contributed by atoms with Crippen LogP contribution in [-0.4, -0.2) is 25.5 Å². The quantitative estimate of drug-likeness (QED) is 0.913. The number of anilines is 3. The molecule has 0 atom stereocenters. The topological polar surface area (TPSA) is 44.4 Å². The van der Waals surface area contributed by atoms with Gasteiger partial charge in [0.2, 0.25) is 5.91 Å². The van der Waals surface area contributed by atoms with Gasteiger partial charge in [0.25, 0.3) is 0 Å². The van der Waals surface area contributed by atoms with E-state index < -0.39 is 0 Å². The molecule has 4 heteroatoms. The maximum atomic E-state index is 12.3. The number of rotatable bonds is 3. The molecule has 0 saturated carbocycles. The highest BCUT2D eigenvalue weighted by molar-refractivity contribution is 5.94. The van der Waals surface area contributed by atoms with E-state index in [1.807, 2.05) is 43.3 Å². The first-order valence-corrected chi connectivity index (χ1v) is 7.67. The lowest BCUT2D eigenvalue weighted by molar-refractivity contribution is -0.115.